The Balaban J connectivity index is 1.67. The average molecular weight is 291 g/mol. The topological polar surface area (TPSA) is 80.2 Å². The van der Waals surface area contributed by atoms with Gasteiger partial charge in [0.1, 0.15) is 11.3 Å². The lowest BCUT2D eigenvalue weighted by molar-refractivity contribution is 0.102. The van der Waals surface area contributed by atoms with Gasteiger partial charge in [-0.3, -0.25) is 10.1 Å². The number of carbonyl (C=O) groups excluding carboxylic acids is 1. The number of amides is 1. The molecule has 0 spiro atoms. The van der Waals surface area contributed by atoms with E-state index in [1.807, 2.05) is 6.07 Å². The van der Waals surface area contributed by atoms with Crippen LogP contribution in [0.15, 0.2) is 23.8 Å². The standard InChI is InChI=1S/C12H13N5O2S/c18-11(15-12-16-14-8-20-12)9-1-2-10(13-7-9)17-3-5-19-6-4-17/h1-2,7-8H,3-6H2,(H,15,16,18). The maximum Gasteiger partial charge on any atom is 0.259 e. The number of nitrogens with one attached hydrogen (secondary N) is 1. The number of pyridine rings is 1. The number of morpholine rings is 1. The number of nitrogens with zero attached hydrogens (tertiary/aromatic N) is 4. The van der Waals surface area contributed by atoms with Gasteiger partial charge in [-0.25, -0.2) is 4.98 Å². The van der Waals surface area contributed by atoms with E-state index in [1.54, 1.807) is 17.8 Å². The highest BCUT2D eigenvalue weighted by atomic mass is 32.1. The van der Waals surface area contributed by atoms with Crippen molar-refractivity contribution in [2.45, 2.75) is 0 Å². The maximum atomic E-state index is 12.0. The number of aromatic nitrogens is 3. The Hall–Kier alpha value is -2.06. The molecule has 0 radical (unpaired) electrons. The average Bonchev–Trinajstić information content (AvgIpc) is 3.01. The van der Waals surface area contributed by atoms with Crippen molar-refractivity contribution >= 4 is 28.2 Å². The number of carbonyl (C=O) groups is 1. The van der Waals surface area contributed by atoms with Gasteiger partial charge < -0.3 is 9.64 Å². The number of hydrogen-bond donors (Lipinski definition) is 1. The maximum absolute atomic E-state index is 12.0. The predicted molar refractivity (Wildman–Crippen MR) is 75.1 cm³/mol. The molecule has 1 aliphatic rings. The molecule has 1 amide bonds. The van der Waals surface area contributed by atoms with Gasteiger partial charge in [0.15, 0.2) is 0 Å². The lowest BCUT2D eigenvalue weighted by Gasteiger charge is -2.27. The minimum absolute atomic E-state index is 0.234. The van der Waals surface area contributed by atoms with E-state index < -0.39 is 0 Å². The zero-order valence-corrected chi connectivity index (χ0v) is 11.5. The smallest absolute Gasteiger partial charge is 0.259 e. The summed E-state index contributed by atoms with van der Waals surface area (Å²) < 4.78 is 5.30. The second-order valence-electron chi connectivity index (χ2n) is 4.20. The number of rotatable bonds is 3. The van der Waals surface area contributed by atoms with Gasteiger partial charge in [0.05, 0.1) is 18.8 Å². The van der Waals surface area contributed by atoms with Crippen molar-refractivity contribution in [3.63, 3.8) is 0 Å². The summed E-state index contributed by atoms with van der Waals surface area (Å²) in [5.41, 5.74) is 2.06. The van der Waals surface area contributed by atoms with E-state index in [0.717, 1.165) is 18.9 Å². The molecular formula is C12H13N5O2S. The number of anilines is 2. The lowest BCUT2D eigenvalue weighted by atomic mass is 10.2. The van der Waals surface area contributed by atoms with Crippen LogP contribution < -0.4 is 10.2 Å². The van der Waals surface area contributed by atoms with E-state index in [4.69, 9.17) is 4.74 Å². The molecule has 0 unspecified atom stereocenters. The molecule has 1 N–H and O–H groups in total. The fourth-order valence-corrected chi connectivity index (χ4v) is 2.34. The van der Waals surface area contributed by atoms with Crippen molar-refractivity contribution < 1.29 is 9.53 Å². The molecule has 1 fully saturated rings. The van der Waals surface area contributed by atoms with Crippen molar-refractivity contribution in [1.82, 2.24) is 15.2 Å². The van der Waals surface area contributed by atoms with Crippen LogP contribution in [0.2, 0.25) is 0 Å². The molecule has 1 saturated heterocycles. The van der Waals surface area contributed by atoms with E-state index in [1.165, 1.54) is 11.3 Å². The summed E-state index contributed by atoms with van der Waals surface area (Å²) in [6.07, 6.45) is 1.57. The zero-order valence-electron chi connectivity index (χ0n) is 10.7. The first kappa shape index (κ1) is 12.9. The SMILES string of the molecule is O=C(Nc1nncs1)c1ccc(N2CCOCC2)nc1. The third-order valence-electron chi connectivity index (χ3n) is 2.93. The number of ether oxygens (including phenoxy) is 1. The molecule has 104 valence electrons. The van der Waals surface area contributed by atoms with E-state index in [9.17, 15) is 4.79 Å². The Kier molecular flexibility index (Phi) is 3.84. The van der Waals surface area contributed by atoms with Gasteiger partial charge in [-0.05, 0) is 12.1 Å². The Morgan fingerprint density at radius 1 is 1.35 bits per heavy atom. The van der Waals surface area contributed by atoms with Crippen LogP contribution in [-0.4, -0.2) is 47.4 Å². The van der Waals surface area contributed by atoms with E-state index in [-0.39, 0.29) is 5.91 Å². The normalized spacial score (nSPS) is 15.1. The first-order valence-corrected chi connectivity index (χ1v) is 7.07. The molecule has 3 rings (SSSR count). The van der Waals surface area contributed by atoms with Gasteiger partial charge >= 0.3 is 0 Å². The van der Waals surface area contributed by atoms with Crippen molar-refractivity contribution in [3.05, 3.63) is 29.4 Å². The minimum atomic E-state index is -0.234. The highest BCUT2D eigenvalue weighted by Crippen LogP contribution is 2.14. The van der Waals surface area contributed by atoms with Crippen LogP contribution in [0.1, 0.15) is 10.4 Å². The Bertz CT molecular complexity index is 566. The number of hydrogen-bond acceptors (Lipinski definition) is 7. The molecule has 0 bridgehead atoms. The summed E-state index contributed by atoms with van der Waals surface area (Å²) in [6.45, 7) is 3.06. The van der Waals surface area contributed by atoms with Crippen LogP contribution in [0.3, 0.4) is 0 Å². The Morgan fingerprint density at radius 3 is 2.85 bits per heavy atom. The third kappa shape index (κ3) is 2.91. The predicted octanol–water partition coefficient (Wildman–Crippen LogP) is 1.02. The summed E-state index contributed by atoms with van der Waals surface area (Å²) >= 11 is 1.28. The van der Waals surface area contributed by atoms with Gasteiger partial charge in [0.25, 0.3) is 5.91 Å². The van der Waals surface area contributed by atoms with Crippen LogP contribution in [0.4, 0.5) is 10.9 Å². The summed E-state index contributed by atoms with van der Waals surface area (Å²) in [4.78, 5) is 18.4. The highest BCUT2D eigenvalue weighted by Gasteiger charge is 2.13. The highest BCUT2D eigenvalue weighted by molar-refractivity contribution is 7.13. The second kappa shape index (κ2) is 5.93. The molecule has 2 aromatic heterocycles. The third-order valence-corrected chi connectivity index (χ3v) is 3.53. The van der Waals surface area contributed by atoms with Crippen LogP contribution in [-0.2, 0) is 4.74 Å². The Morgan fingerprint density at radius 2 is 2.20 bits per heavy atom. The molecular weight excluding hydrogens is 278 g/mol. The van der Waals surface area contributed by atoms with Crippen molar-refractivity contribution in [2.24, 2.45) is 0 Å². The molecule has 7 nitrogen and oxygen atoms in total. The van der Waals surface area contributed by atoms with Crippen LogP contribution in [0.5, 0.6) is 0 Å². The van der Waals surface area contributed by atoms with Crippen molar-refractivity contribution in [3.8, 4) is 0 Å². The summed E-state index contributed by atoms with van der Waals surface area (Å²) in [7, 11) is 0. The summed E-state index contributed by atoms with van der Waals surface area (Å²) in [6, 6.07) is 3.61. The monoisotopic (exact) mass is 291 g/mol. The Labute approximate surface area is 119 Å². The van der Waals surface area contributed by atoms with Gasteiger partial charge in [-0.2, -0.15) is 0 Å². The molecule has 0 saturated carbocycles. The van der Waals surface area contributed by atoms with Crippen LogP contribution in [0, 0.1) is 0 Å². The largest absolute Gasteiger partial charge is 0.378 e. The van der Waals surface area contributed by atoms with Crippen molar-refractivity contribution in [1.29, 1.82) is 0 Å². The van der Waals surface area contributed by atoms with Gasteiger partial charge in [-0.15, -0.1) is 10.2 Å². The summed E-state index contributed by atoms with van der Waals surface area (Å²) in [5.74, 6) is 0.628. The fourth-order valence-electron chi connectivity index (χ4n) is 1.90. The van der Waals surface area contributed by atoms with Crippen LogP contribution >= 0.6 is 11.3 Å². The first-order valence-electron chi connectivity index (χ1n) is 6.19. The first-order chi connectivity index (χ1) is 9.83. The van der Waals surface area contributed by atoms with Gasteiger partial charge in [0, 0.05) is 19.3 Å². The minimum Gasteiger partial charge on any atom is -0.378 e. The molecule has 3 heterocycles. The van der Waals surface area contributed by atoms with Gasteiger partial charge in [-0.1, -0.05) is 11.3 Å². The quantitative estimate of drug-likeness (QED) is 0.909. The molecule has 0 aromatic carbocycles. The van der Waals surface area contributed by atoms with Crippen molar-refractivity contribution in [2.75, 3.05) is 36.5 Å². The van der Waals surface area contributed by atoms with Crippen LogP contribution in [0.25, 0.3) is 0 Å². The second-order valence-corrected chi connectivity index (χ2v) is 5.04. The molecule has 20 heavy (non-hydrogen) atoms. The summed E-state index contributed by atoms with van der Waals surface area (Å²) in [5, 5.41) is 10.6. The van der Waals surface area contributed by atoms with E-state index >= 15 is 0 Å². The van der Waals surface area contributed by atoms with E-state index in [2.05, 4.69) is 25.4 Å². The molecule has 8 heteroatoms. The fraction of sp³-hybridized carbons (Fsp3) is 0.333. The lowest BCUT2D eigenvalue weighted by Crippen LogP contribution is -2.36. The van der Waals surface area contributed by atoms with Gasteiger partial charge in [0.2, 0.25) is 5.13 Å². The molecule has 0 atom stereocenters. The zero-order chi connectivity index (χ0) is 13.8. The molecule has 1 aliphatic heterocycles. The molecule has 0 aliphatic carbocycles. The van der Waals surface area contributed by atoms with E-state index in [0.29, 0.717) is 23.9 Å². The molecule has 2 aromatic rings.